The van der Waals surface area contributed by atoms with E-state index in [9.17, 15) is 9.18 Å². The number of ether oxygens (including phenoxy) is 2. The highest BCUT2D eigenvalue weighted by Crippen LogP contribution is 2.30. The molecule has 0 saturated heterocycles. The molecule has 0 radical (unpaired) electrons. The molecule has 27 heavy (non-hydrogen) atoms. The quantitative estimate of drug-likeness (QED) is 0.821. The van der Waals surface area contributed by atoms with Crippen molar-refractivity contribution < 1.29 is 23.5 Å². The van der Waals surface area contributed by atoms with Crippen LogP contribution < -0.4 is 10.1 Å². The van der Waals surface area contributed by atoms with Gasteiger partial charge in [-0.15, -0.1) is 11.3 Å². The van der Waals surface area contributed by atoms with Crippen LogP contribution in [0.15, 0.2) is 29.4 Å². The van der Waals surface area contributed by atoms with Gasteiger partial charge in [0.15, 0.2) is 6.79 Å². The molecule has 0 saturated carbocycles. The highest BCUT2D eigenvalue weighted by molar-refractivity contribution is 7.18. The fraction of sp³-hybridized carbons (Fsp3) is 0.333. The number of hydrogen-bond acceptors (Lipinski definition) is 6. The van der Waals surface area contributed by atoms with Crippen molar-refractivity contribution in [2.24, 2.45) is 5.16 Å². The summed E-state index contributed by atoms with van der Waals surface area (Å²) in [6.07, 6.45) is 0.151. The summed E-state index contributed by atoms with van der Waals surface area (Å²) in [4.78, 5) is 18.4. The molecule has 2 aliphatic rings. The van der Waals surface area contributed by atoms with E-state index < -0.39 is 6.10 Å². The molecule has 2 aromatic rings. The fourth-order valence-corrected chi connectivity index (χ4v) is 4.04. The number of halogens is 2. The molecule has 0 bridgehead atoms. The Bertz CT molecular complexity index is 901. The van der Waals surface area contributed by atoms with Gasteiger partial charge in [0.2, 0.25) is 6.10 Å². The summed E-state index contributed by atoms with van der Waals surface area (Å²) in [5.74, 6) is 0.0242. The lowest BCUT2D eigenvalue weighted by Gasteiger charge is -2.21. The van der Waals surface area contributed by atoms with Gasteiger partial charge in [-0.1, -0.05) is 16.8 Å². The monoisotopic (exact) mass is 410 g/mol. The number of benzene rings is 1. The van der Waals surface area contributed by atoms with Crippen LogP contribution in [0.5, 0.6) is 5.75 Å². The third-order valence-electron chi connectivity index (χ3n) is 4.26. The van der Waals surface area contributed by atoms with Crippen molar-refractivity contribution in [3.8, 4) is 5.75 Å². The number of nitrogens with one attached hydrogen (secondary N) is 1. The molecule has 142 valence electrons. The van der Waals surface area contributed by atoms with Crippen LogP contribution in [0.4, 0.5) is 4.39 Å². The van der Waals surface area contributed by atoms with Gasteiger partial charge >= 0.3 is 0 Å². The predicted octanol–water partition coefficient (Wildman–Crippen LogP) is 3.26. The molecular formula is C18H16ClFN2O4S. The number of carbonyl (C=O) groups is 1. The molecule has 6 nitrogen and oxygen atoms in total. The van der Waals surface area contributed by atoms with Crippen molar-refractivity contribution in [2.75, 3.05) is 13.3 Å². The van der Waals surface area contributed by atoms with Gasteiger partial charge in [0.1, 0.15) is 17.3 Å². The molecule has 0 aliphatic carbocycles. The number of fused-ring (bicyclic) bond motifs is 1. The Balaban J connectivity index is 1.31. The summed E-state index contributed by atoms with van der Waals surface area (Å²) in [6, 6.07) is 6.46. The van der Waals surface area contributed by atoms with Gasteiger partial charge in [-0.2, -0.15) is 0 Å². The first-order chi connectivity index (χ1) is 13.1. The minimum Gasteiger partial charge on any atom is -0.467 e. The molecule has 4 rings (SSSR count). The maximum absolute atomic E-state index is 13.8. The Labute approximate surface area is 163 Å². The van der Waals surface area contributed by atoms with Gasteiger partial charge in [0.05, 0.1) is 15.8 Å². The largest absolute Gasteiger partial charge is 0.467 e. The Hall–Kier alpha value is -2.16. The second kappa shape index (κ2) is 7.84. The number of oxime groups is 1. The molecule has 1 atom stereocenters. The maximum atomic E-state index is 13.8. The maximum Gasteiger partial charge on any atom is 0.264 e. The van der Waals surface area contributed by atoms with E-state index in [1.807, 2.05) is 6.07 Å². The zero-order valence-electron chi connectivity index (χ0n) is 14.2. The van der Waals surface area contributed by atoms with E-state index in [-0.39, 0.29) is 18.5 Å². The van der Waals surface area contributed by atoms with Gasteiger partial charge in [0, 0.05) is 18.5 Å². The first-order valence-corrected chi connectivity index (χ1v) is 9.57. The molecule has 1 N–H and O–H groups in total. The number of nitrogens with zero attached hydrogens (tertiary/aromatic N) is 1. The molecule has 0 fully saturated rings. The van der Waals surface area contributed by atoms with Crippen molar-refractivity contribution in [3.05, 3.63) is 50.4 Å². The lowest BCUT2D eigenvalue weighted by Crippen LogP contribution is -2.36. The van der Waals surface area contributed by atoms with E-state index in [4.69, 9.17) is 25.9 Å². The Morgan fingerprint density at radius 2 is 2.30 bits per heavy atom. The zero-order chi connectivity index (χ0) is 18.8. The van der Waals surface area contributed by atoms with E-state index in [2.05, 4.69) is 10.5 Å². The van der Waals surface area contributed by atoms with Gasteiger partial charge in [-0.3, -0.25) is 4.79 Å². The summed E-state index contributed by atoms with van der Waals surface area (Å²) in [7, 11) is 0. The minimum atomic E-state index is -0.674. The third-order valence-corrected chi connectivity index (χ3v) is 5.54. The van der Waals surface area contributed by atoms with Crippen LogP contribution >= 0.6 is 22.9 Å². The zero-order valence-corrected chi connectivity index (χ0v) is 15.7. The highest BCUT2D eigenvalue weighted by Gasteiger charge is 2.29. The molecule has 1 unspecified atom stereocenters. The van der Waals surface area contributed by atoms with Crippen molar-refractivity contribution in [1.82, 2.24) is 5.32 Å². The van der Waals surface area contributed by atoms with Crippen LogP contribution in [0.1, 0.15) is 22.4 Å². The second-order valence-electron chi connectivity index (χ2n) is 6.14. The van der Waals surface area contributed by atoms with Crippen LogP contribution in [-0.2, 0) is 27.4 Å². The van der Waals surface area contributed by atoms with E-state index in [1.54, 1.807) is 6.07 Å². The molecular weight excluding hydrogens is 395 g/mol. The van der Waals surface area contributed by atoms with Crippen LogP contribution in [0.3, 0.4) is 0 Å². The van der Waals surface area contributed by atoms with Crippen LogP contribution in [0.25, 0.3) is 0 Å². The van der Waals surface area contributed by atoms with Gasteiger partial charge < -0.3 is 19.6 Å². The second-order valence-corrected chi connectivity index (χ2v) is 7.86. The SMILES string of the molecule is O=C(NCCc1cc(F)cc2c1OCOC2)C1CC(c2ccc(Cl)s2)=NO1. The van der Waals surface area contributed by atoms with Crippen molar-refractivity contribution >= 4 is 34.6 Å². The Morgan fingerprint density at radius 3 is 3.11 bits per heavy atom. The van der Waals surface area contributed by atoms with E-state index in [0.717, 1.165) is 4.88 Å². The number of hydrogen-bond donors (Lipinski definition) is 1. The average Bonchev–Trinajstić information content (AvgIpc) is 3.30. The van der Waals surface area contributed by atoms with Crippen LogP contribution in [0, 0.1) is 5.82 Å². The normalized spacial score (nSPS) is 18.3. The fourth-order valence-electron chi connectivity index (χ4n) is 3.01. The molecule has 1 aromatic carbocycles. The van der Waals surface area contributed by atoms with Crippen molar-refractivity contribution in [2.45, 2.75) is 25.6 Å². The molecule has 3 heterocycles. The highest BCUT2D eigenvalue weighted by atomic mass is 35.5. The lowest BCUT2D eigenvalue weighted by molar-refractivity contribution is -0.131. The number of carbonyl (C=O) groups excluding carboxylic acids is 1. The number of amides is 1. The number of thiophene rings is 1. The first-order valence-electron chi connectivity index (χ1n) is 8.38. The predicted molar refractivity (Wildman–Crippen MR) is 98.8 cm³/mol. The smallest absolute Gasteiger partial charge is 0.264 e. The summed E-state index contributed by atoms with van der Waals surface area (Å²) in [5.41, 5.74) is 2.08. The molecule has 1 amide bonds. The van der Waals surface area contributed by atoms with Crippen LogP contribution in [0.2, 0.25) is 4.34 Å². The average molecular weight is 411 g/mol. The first kappa shape index (κ1) is 18.2. The molecule has 9 heteroatoms. The molecule has 1 aromatic heterocycles. The topological polar surface area (TPSA) is 69.2 Å². The van der Waals surface area contributed by atoms with Gasteiger partial charge in [0.25, 0.3) is 5.91 Å². The Morgan fingerprint density at radius 1 is 1.41 bits per heavy atom. The van der Waals surface area contributed by atoms with E-state index in [1.165, 1.54) is 23.5 Å². The minimum absolute atomic E-state index is 0.140. The summed E-state index contributed by atoms with van der Waals surface area (Å²) in [6.45, 7) is 0.787. The lowest BCUT2D eigenvalue weighted by atomic mass is 10.1. The van der Waals surface area contributed by atoms with E-state index in [0.29, 0.717) is 52.9 Å². The number of rotatable bonds is 5. The van der Waals surface area contributed by atoms with Crippen molar-refractivity contribution in [3.63, 3.8) is 0 Å². The van der Waals surface area contributed by atoms with Gasteiger partial charge in [-0.05, 0) is 36.2 Å². The van der Waals surface area contributed by atoms with E-state index >= 15 is 0 Å². The molecule has 2 aliphatic heterocycles. The van der Waals surface area contributed by atoms with Crippen molar-refractivity contribution in [1.29, 1.82) is 0 Å². The molecule has 0 spiro atoms. The van der Waals surface area contributed by atoms with Gasteiger partial charge in [-0.25, -0.2) is 4.39 Å². The Kier molecular flexibility index (Phi) is 5.29. The summed E-state index contributed by atoms with van der Waals surface area (Å²) >= 11 is 7.32. The third kappa shape index (κ3) is 4.07. The standard InChI is InChI=1S/C18H16ClFN2O4S/c19-16-2-1-15(27-16)13-7-14(26-22-13)18(23)21-4-3-10-5-12(20)6-11-8-24-9-25-17(10)11/h1-2,5-6,14H,3-4,7-9H2,(H,21,23). The van der Waals surface area contributed by atoms with Crippen LogP contribution in [-0.4, -0.2) is 31.1 Å². The summed E-state index contributed by atoms with van der Waals surface area (Å²) < 4.78 is 25.1. The summed E-state index contributed by atoms with van der Waals surface area (Å²) in [5, 5.41) is 6.79.